The Morgan fingerprint density at radius 1 is 1.19 bits per heavy atom. The number of carbonyl (C=O) groups is 2. The van der Waals surface area contributed by atoms with E-state index in [9.17, 15) is 19.7 Å². The summed E-state index contributed by atoms with van der Waals surface area (Å²) in [5.41, 5.74) is 7.87. The van der Waals surface area contributed by atoms with Gasteiger partial charge in [-0.3, -0.25) is 24.6 Å². The predicted molar refractivity (Wildman–Crippen MR) is 117 cm³/mol. The van der Waals surface area contributed by atoms with Crippen molar-refractivity contribution >= 4 is 23.2 Å². The van der Waals surface area contributed by atoms with Crippen molar-refractivity contribution < 1.29 is 14.5 Å². The fraction of sp³-hybridized carbons (Fsp3) is 0.227. The normalized spacial score (nSPS) is 16.1. The first-order chi connectivity index (χ1) is 15.4. The molecule has 3 N–H and O–H groups in total. The summed E-state index contributed by atoms with van der Waals surface area (Å²) in [4.78, 5) is 36.6. The van der Waals surface area contributed by atoms with Gasteiger partial charge in [-0.05, 0) is 55.3 Å². The van der Waals surface area contributed by atoms with E-state index in [0.29, 0.717) is 17.9 Å². The zero-order chi connectivity index (χ0) is 22.7. The molecule has 0 bridgehead atoms. The first kappa shape index (κ1) is 21.2. The van der Waals surface area contributed by atoms with E-state index in [1.54, 1.807) is 30.5 Å². The molecule has 1 unspecified atom stereocenters. The molecule has 1 saturated heterocycles. The molecule has 2 amide bonds. The fourth-order valence-corrected chi connectivity index (χ4v) is 3.83. The van der Waals surface area contributed by atoms with Crippen molar-refractivity contribution in [1.29, 1.82) is 0 Å². The van der Waals surface area contributed by atoms with Gasteiger partial charge in [0.25, 0.3) is 11.6 Å². The van der Waals surface area contributed by atoms with Crippen molar-refractivity contribution in [3.05, 3.63) is 82.2 Å². The first-order valence-electron chi connectivity index (χ1n) is 10.1. The van der Waals surface area contributed by atoms with Gasteiger partial charge in [0.1, 0.15) is 0 Å². The average Bonchev–Trinajstić information content (AvgIpc) is 3.44. The SMILES string of the molecule is NC(=O)C1CCCN1Cc1cccc(NC(=O)c2ccn(-c3ccc([N+](=O)[O-])cc3)n2)c1. The second-order valence-corrected chi connectivity index (χ2v) is 7.60. The molecule has 4 rings (SSSR count). The maximum Gasteiger partial charge on any atom is 0.276 e. The van der Waals surface area contributed by atoms with Crippen LogP contribution in [0.1, 0.15) is 28.9 Å². The van der Waals surface area contributed by atoms with Crippen LogP contribution in [0.2, 0.25) is 0 Å². The molecule has 0 radical (unpaired) electrons. The van der Waals surface area contributed by atoms with E-state index >= 15 is 0 Å². The molecule has 2 aromatic carbocycles. The second kappa shape index (κ2) is 8.98. The number of amides is 2. The number of nitro groups is 1. The number of nitrogens with two attached hydrogens (primary N) is 1. The van der Waals surface area contributed by atoms with Crippen molar-refractivity contribution in [2.24, 2.45) is 5.73 Å². The molecule has 1 atom stereocenters. The molecular weight excluding hydrogens is 412 g/mol. The predicted octanol–water partition coefficient (Wildman–Crippen LogP) is 2.48. The summed E-state index contributed by atoms with van der Waals surface area (Å²) in [6.07, 6.45) is 3.31. The summed E-state index contributed by atoms with van der Waals surface area (Å²) in [5, 5.41) is 17.9. The van der Waals surface area contributed by atoms with Gasteiger partial charge >= 0.3 is 0 Å². The summed E-state index contributed by atoms with van der Waals surface area (Å²) in [6, 6.07) is 14.6. The third-order valence-electron chi connectivity index (χ3n) is 5.41. The number of rotatable bonds is 7. The smallest absolute Gasteiger partial charge is 0.276 e. The molecule has 1 aromatic heterocycles. The Bertz CT molecular complexity index is 1160. The molecule has 0 aliphatic carbocycles. The van der Waals surface area contributed by atoms with Gasteiger partial charge in [0, 0.05) is 30.6 Å². The standard InChI is InChI=1S/C22H22N6O4/c23-21(29)20-5-2-11-26(20)14-15-3-1-4-16(13-15)24-22(30)19-10-12-27(25-19)17-6-8-18(9-7-17)28(31)32/h1,3-4,6-10,12-13,20H,2,5,11,14H2,(H2,23,29)(H,24,30). The number of primary amides is 1. The molecule has 2 heterocycles. The Labute approximate surface area is 183 Å². The molecule has 10 nitrogen and oxygen atoms in total. The number of benzene rings is 2. The second-order valence-electron chi connectivity index (χ2n) is 7.60. The van der Waals surface area contributed by atoms with Crippen LogP contribution in [0.15, 0.2) is 60.8 Å². The van der Waals surface area contributed by atoms with E-state index in [-0.39, 0.29) is 29.2 Å². The highest BCUT2D eigenvalue weighted by molar-refractivity contribution is 6.02. The Morgan fingerprint density at radius 3 is 2.69 bits per heavy atom. The van der Waals surface area contributed by atoms with E-state index in [0.717, 1.165) is 24.9 Å². The maximum atomic E-state index is 12.7. The number of nitrogens with one attached hydrogen (secondary N) is 1. The van der Waals surface area contributed by atoms with Crippen LogP contribution in [0.25, 0.3) is 5.69 Å². The molecule has 1 fully saturated rings. The van der Waals surface area contributed by atoms with Gasteiger partial charge in [0.15, 0.2) is 5.69 Å². The average molecular weight is 434 g/mol. The molecule has 1 aliphatic heterocycles. The van der Waals surface area contributed by atoms with Crippen LogP contribution in [0.3, 0.4) is 0 Å². The van der Waals surface area contributed by atoms with Crippen molar-refractivity contribution in [1.82, 2.24) is 14.7 Å². The van der Waals surface area contributed by atoms with Gasteiger partial charge in [0.2, 0.25) is 5.91 Å². The summed E-state index contributed by atoms with van der Waals surface area (Å²) in [5.74, 6) is -0.686. The number of nitro benzene ring substituents is 1. The Kier molecular flexibility index (Phi) is 5.95. The monoisotopic (exact) mass is 434 g/mol. The van der Waals surface area contributed by atoms with Crippen LogP contribution < -0.4 is 11.1 Å². The quantitative estimate of drug-likeness (QED) is 0.433. The zero-order valence-electron chi connectivity index (χ0n) is 17.2. The highest BCUT2D eigenvalue weighted by Crippen LogP contribution is 2.21. The van der Waals surface area contributed by atoms with Gasteiger partial charge in [-0.2, -0.15) is 5.10 Å². The van der Waals surface area contributed by atoms with Crippen LogP contribution in [-0.4, -0.2) is 44.0 Å². The fourth-order valence-electron chi connectivity index (χ4n) is 3.83. The molecule has 10 heteroatoms. The van der Waals surface area contributed by atoms with Crippen LogP contribution in [0, 0.1) is 10.1 Å². The van der Waals surface area contributed by atoms with E-state index in [4.69, 9.17) is 5.73 Å². The number of non-ortho nitro benzene ring substituents is 1. The van der Waals surface area contributed by atoms with Crippen LogP contribution in [0.5, 0.6) is 0 Å². The largest absolute Gasteiger partial charge is 0.368 e. The van der Waals surface area contributed by atoms with Crippen LogP contribution in [0.4, 0.5) is 11.4 Å². The van der Waals surface area contributed by atoms with E-state index in [2.05, 4.69) is 15.3 Å². The molecule has 32 heavy (non-hydrogen) atoms. The van der Waals surface area contributed by atoms with Gasteiger partial charge in [-0.15, -0.1) is 0 Å². The number of hydrogen-bond donors (Lipinski definition) is 2. The molecule has 3 aromatic rings. The third kappa shape index (κ3) is 4.65. The van der Waals surface area contributed by atoms with Crippen molar-refractivity contribution in [3.8, 4) is 5.69 Å². The highest BCUT2D eigenvalue weighted by Gasteiger charge is 2.28. The highest BCUT2D eigenvalue weighted by atomic mass is 16.6. The number of anilines is 1. The van der Waals surface area contributed by atoms with E-state index in [1.165, 1.54) is 16.8 Å². The van der Waals surface area contributed by atoms with Gasteiger partial charge < -0.3 is 11.1 Å². The van der Waals surface area contributed by atoms with E-state index in [1.807, 2.05) is 18.2 Å². The minimum Gasteiger partial charge on any atom is -0.368 e. The van der Waals surface area contributed by atoms with Crippen LogP contribution >= 0.6 is 0 Å². The molecule has 1 aliphatic rings. The molecular formula is C22H22N6O4. The Morgan fingerprint density at radius 2 is 1.97 bits per heavy atom. The number of likely N-dealkylation sites (tertiary alicyclic amines) is 1. The van der Waals surface area contributed by atoms with E-state index < -0.39 is 4.92 Å². The Hall–Kier alpha value is -4.05. The topological polar surface area (TPSA) is 136 Å². The van der Waals surface area contributed by atoms with Crippen molar-refractivity contribution in [2.75, 3.05) is 11.9 Å². The maximum absolute atomic E-state index is 12.7. The minimum absolute atomic E-state index is 0.0187. The number of carbonyl (C=O) groups excluding carboxylic acids is 2. The summed E-state index contributed by atoms with van der Waals surface area (Å²) in [6.45, 7) is 1.39. The van der Waals surface area contributed by atoms with Gasteiger partial charge in [-0.1, -0.05) is 12.1 Å². The van der Waals surface area contributed by atoms with Crippen molar-refractivity contribution in [3.63, 3.8) is 0 Å². The van der Waals surface area contributed by atoms with Crippen molar-refractivity contribution in [2.45, 2.75) is 25.4 Å². The lowest BCUT2D eigenvalue weighted by Gasteiger charge is -2.22. The number of aromatic nitrogens is 2. The molecule has 0 saturated carbocycles. The lowest BCUT2D eigenvalue weighted by molar-refractivity contribution is -0.384. The lowest BCUT2D eigenvalue weighted by atomic mass is 10.1. The molecule has 0 spiro atoms. The zero-order valence-corrected chi connectivity index (χ0v) is 17.2. The Balaban J connectivity index is 1.43. The number of nitrogens with zero attached hydrogens (tertiary/aromatic N) is 4. The van der Waals surface area contributed by atoms with Crippen LogP contribution in [-0.2, 0) is 11.3 Å². The molecule has 164 valence electrons. The summed E-state index contributed by atoms with van der Waals surface area (Å²) >= 11 is 0. The summed E-state index contributed by atoms with van der Waals surface area (Å²) < 4.78 is 1.48. The minimum atomic E-state index is -0.475. The lowest BCUT2D eigenvalue weighted by Crippen LogP contribution is -2.39. The third-order valence-corrected chi connectivity index (χ3v) is 5.41. The van der Waals surface area contributed by atoms with Gasteiger partial charge in [0.05, 0.1) is 16.7 Å². The van der Waals surface area contributed by atoms with Gasteiger partial charge in [-0.25, -0.2) is 4.68 Å². The first-order valence-corrected chi connectivity index (χ1v) is 10.1. The summed E-state index contributed by atoms with van der Waals surface area (Å²) in [7, 11) is 0. The number of hydrogen-bond acceptors (Lipinski definition) is 6.